The molecule has 2 aromatic rings. The van der Waals surface area contributed by atoms with E-state index in [4.69, 9.17) is 4.99 Å². The normalized spacial score (nSPS) is 15.8. The van der Waals surface area contributed by atoms with Gasteiger partial charge < -0.3 is 20.1 Å². The van der Waals surface area contributed by atoms with Crippen molar-refractivity contribution in [2.75, 3.05) is 24.5 Å². The first-order chi connectivity index (χ1) is 11.7. The quantitative estimate of drug-likeness (QED) is 0.398. The average Bonchev–Trinajstić information content (AvgIpc) is 3.25. The molecule has 2 aromatic heterocycles. The molecule has 7 heteroatoms. The van der Waals surface area contributed by atoms with Gasteiger partial charge in [0.05, 0.1) is 11.5 Å². The van der Waals surface area contributed by atoms with Crippen LogP contribution in [-0.4, -0.2) is 36.2 Å². The number of aryl methyl sites for hydroxylation is 1. The minimum atomic E-state index is 0. The van der Waals surface area contributed by atoms with Gasteiger partial charge in [0.15, 0.2) is 5.96 Å². The Hall–Kier alpha value is -1.22. The second-order valence-electron chi connectivity index (χ2n) is 6.24. The highest BCUT2D eigenvalue weighted by molar-refractivity contribution is 14.0. The summed E-state index contributed by atoms with van der Waals surface area (Å²) in [5, 5.41) is 10.5. The van der Waals surface area contributed by atoms with E-state index in [2.05, 4.69) is 63.0 Å². The van der Waals surface area contributed by atoms with Gasteiger partial charge in [-0.1, -0.05) is 0 Å². The van der Waals surface area contributed by atoms with E-state index in [9.17, 15) is 0 Å². The molecule has 0 amide bonds. The molecule has 0 aliphatic carbocycles. The summed E-state index contributed by atoms with van der Waals surface area (Å²) in [4.78, 5) is 7.21. The number of nitrogens with zero attached hydrogens (tertiary/aromatic N) is 3. The van der Waals surface area contributed by atoms with Gasteiger partial charge in [0, 0.05) is 45.1 Å². The van der Waals surface area contributed by atoms with Crippen LogP contribution < -0.4 is 15.5 Å². The van der Waals surface area contributed by atoms with E-state index in [0.29, 0.717) is 12.6 Å². The summed E-state index contributed by atoms with van der Waals surface area (Å²) in [7, 11) is 2.04. The summed E-state index contributed by atoms with van der Waals surface area (Å²) in [5.74, 6) is 0.927. The Kier molecular flexibility index (Phi) is 8.08. The minimum absolute atomic E-state index is 0. The maximum atomic E-state index is 4.73. The van der Waals surface area contributed by atoms with Crippen molar-refractivity contribution < 1.29 is 0 Å². The molecule has 138 valence electrons. The monoisotopic (exact) mass is 473 g/mol. The van der Waals surface area contributed by atoms with Crippen LogP contribution in [0.4, 0.5) is 5.00 Å². The van der Waals surface area contributed by atoms with Gasteiger partial charge in [-0.05, 0) is 48.9 Å². The number of anilines is 1. The fourth-order valence-electron chi connectivity index (χ4n) is 3.03. The Morgan fingerprint density at radius 1 is 1.32 bits per heavy atom. The van der Waals surface area contributed by atoms with Gasteiger partial charge in [-0.2, -0.15) is 0 Å². The van der Waals surface area contributed by atoms with Gasteiger partial charge in [-0.15, -0.1) is 35.3 Å². The Labute approximate surface area is 171 Å². The summed E-state index contributed by atoms with van der Waals surface area (Å²) in [6.45, 7) is 5.92. The number of aromatic nitrogens is 1. The molecule has 3 rings (SSSR count). The summed E-state index contributed by atoms with van der Waals surface area (Å²) in [6.07, 6.45) is 6.47. The van der Waals surface area contributed by atoms with Crippen molar-refractivity contribution >= 4 is 46.3 Å². The lowest BCUT2D eigenvalue weighted by Crippen LogP contribution is -2.48. The van der Waals surface area contributed by atoms with Crippen molar-refractivity contribution in [2.24, 2.45) is 12.0 Å². The lowest BCUT2D eigenvalue weighted by molar-refractivity contribution is 0.463. The van der Waals surface area contributed by atoms with Gasteiger partial charge in [-0.3, -0.25) is 0 Å². The van der Waals surface area contributed by atoms with Crippen LogP contribution in [0.2, 0.25) is 0 Å². The van der Waals surface area contributed by atoms with Crippen molar-refractivity contribution in [3.8, 4) is 0 Å². The summed E-state index contributed by atoms with van der Waals surface area (Å²) >= 11 is 1.83. The van der Waals surface area contributed by atoms with E-state index in [1.54, 1.807) is 0 Å². The fraction of sp³-hybridized carbons (Fsp3) is 0.500. The van der Waals surface area contributed by atoms with Gasteiger partial charge in [0.25, 0.3) is 0 Å². The predicted octanol–water partition coefficient (Wildman–Crippen LogP) is 3.43. The Bertz CT molecular complexity index is 644. The molecule has 2 N–H and O–H groups in total. The zero-order valence-corrected chi connectivity index (χ0v) is 18.1. The molecule has 0 atom stereocenters. The van der Waals surface area contributed by atoms with E-state index >= 15 is 0 Å². The molecule has 0 saturated carbocycles. The van der Waals surface area contributed by atoms with E-state index in [0.717, 1.165) is 38.4 Å². The molecule has 0 aromatic carbocycles. The number of aliphatic imine (C=N–C) groups is 1. The summed E-state index contributed by atoms with van der Waals surface area (Å²) < 4.78 is 2.06. The molecule has 1 aliphatic heterocycles. The van der Waals surface area contributed by atoms with Crippen molar-refractivity contribution in [3.05, 3.63) is 41.5 Å². The summed E-state index contributed by atoms with van der Waals surface area (Å²) in [5.41, 5.74) is 1.24. The number of nitrogens with one attached hydrogen (secondary N) is 2. The van der Waals surface area contributed by atoms with Gasteiger partial charge in [0.1, 0.15) is 0 Å². The molecular formula is C18H28IN5S. The van der Waals surface area contributed by atoms with Crippen LogP contribution >= 0.6 is 35.3 Å². The predicted molar refractivity (Wildman–Crippen MR) is 118 cm³/mol. The topological polar surface area (TPSA) is 44.6 Å². The molecule has 3 heterocycles. The highest BCUT2D eigenvalue weighted by atomic mass is 127. The molecule has 0 bridgehead atoms. The number of thiophene rings is 1. The SMILES string of the molecule is CCNC(=NCc1ccn(C)c1)NC1CCN(c2cccs2)CC1.I. The van der Waals surface area contributed by atoms with Crippen LogP contribution in [0, 0.1) is 0 Å². The maximum absolute atomic E-state index is 4.73. The largest absolute Gasteiger partial charge is 0.363 e. The average molecular weight is 473 g/mol. The Morgan fingerprint density at radius 2 is 2.12 bits per heavy atom. The first-order valence-corrected chi connectivity index (χ1v) is 9.56. The molecule has 1 fully saturated rings. The van der Waals surface area contributed by atoms with Crippen molar-refractivity contribution in [3.63, 3.8) is 0 Å². The molecule has 5 nitrogen and oxygen atoms in total. The van der Waals surface area contributed by atoms with E-state index in [-0.39, 0.29) is 24.0 Å². The Balaban J connectivity index is 0.00000225. The van der Waals surface area contributed by atoms with E-state index < -0.39 is 0 Å². The van der Waals surface area contributed by atoms with Crippen molar-refractivity contribution in [1.82, 2.24) is 15.2 Å². The van der Waals surface area contributed by atoms with Crippen molar-refractivity contribution in [1.29, 1.82) is 0 Å². The van der Waals surface area contributed by atoms with Crippen LogP contribution in [0.5, 0.6) is 0 Å². The highest BCUT2D eigenvalue weighted by Crippen LogP contribution is 2.24. The van der Waals surface area contributed by atoms with Crippen LogP contribution in [0.25, 0.3) is 0 Å². The molecule has 1 aliphatic rings. The zero-order chi connectivity index (χ0) is 16.8. The molecule has 0 unspecified atom stereocenters. The third-order valence-corrected chi connectivity index (χ3v) is 5.24. The third kappa shape index (κ3) is 5.91. The highest BCUT2D eigenvalue weighted by Gasteiger charge is 2.20. The van der Waals surface area contributed by atoms with Crippen LogP contribution in [0.15, 0.2) is 41.0 Å². The molecule has 0 spiro atoms. The van der Waals surface area contributed by atoms with E-state index in [1.165, 1.54) is 10.6 Å². The molecule has 1 saturated heterocycles. The Morgan fingerprint density at radius 3 is 2.72 bits per heavy atom. The fourth-order valence-corrected chi connectivity index (χ4v) is 3.82. The minimum Gasteiger partial charge on any atom is -0.363 e. The standard InChI is InChI=1S/C18H27N5S.HI/c1-3-19-18(20-13-15-6-9-22(2)14-15)21-16-7-10-23(11-8-16)17-5-4-12-24-17;/h4-6,9,12,14,16H,3,7-8,10-11,13H2,1-2H3,(H2,19,20,21);1H. The number of piperidine rings is 1. The van der Waals surface area contributed by atoms with Gasteiger partial charge >= 0.3 is 0 Å². The molecule has 0 radical (unpaired) electrons. The van der Waals surface area contributed by atoms with E-state index in [1.807, 2.05) is 18.4 Å². The number of hydrogen-bond acceptors (Lipinski definition) is 3. The lowest BCUT2D eigenvalue weighted by Gasteiger charge is -2.33. The number of halogens is 1. The van der Waals surface area contributed by atoms with Crippen LogP contribution in [-0.2, 0) is 13.6 Å². The second kappa shape index (κ2) is 10.1. The zero-order valence-electron chi connectivity index (χ0n) is 14.9. The third-order valence-electron chi connectivity index (χ3n) is 4.31. The summed E-state index contributed by atoms with van der Waals surface area (Å²) in [6, 6.07) is 6.95. The number of guanidine groups is 1. The number of rotatable bonds is 5. The second-order valence-corrected chi connectivity index (χ2v) is 7.16. The first kappa shape index (κ1) is 20.1. The molecular weight excluding hydrogens is 445 g/mol. The van der Waals surface area contributed by atoms with Crippen LogP contribution in [0.3, 0.4) is 0 Å². The smallest absolute Gasteiger partial charge is 0.191 e. The van der Waals surface area contributed by atoms with Gasteiger partial charge in [-0.25, -0.2) is 4.99 Å². The molecule has 25 heavy (non-hydrogen) atoms. The van der Waals surface area contributed by atoms with Gasteiger partial charge in [0.2, 0.25) is 0 Å². The maximum Gasteiger partial charge on any atom is 0.191 e. The van der Waals surface area contributed by atoms with Crippen molar-refractivity contribution in [2.45, 2.75) is 32.4 Å². The first-order valence-electron chi connectivity index (χ1n) is 8.68. The van der Waals surface area contributed by atoms with Crippen LogP contribution in [0.1, 0.15) is 25.3 Å². The lowest BCUT2D eigenvalue weighted by atomic mass is 10.1. The number of hydrogen-bond donors (Lipinski definition) is 2.